The Morgan fingerprint density at radius 3 is 2.30 bits per heavy atom. The molecule has 3 heterocycles. The van der Waals surface area contributed by atoms with Gasteiger partial charge in [-0.2, -0.15) is 0 Å². The van der Waals surface area contributed by atoms with Gasteiger partial charge in [-0.1, -0.05) is 6.07 Å². The third-order valence-electron chi connectivity index (χ3n) is 4.57. The highest BCUT2D eigenvalue weighted by molar-refractivity contribution is 6.62. The molecule has 0 unspecified atom stereocenters. The van der Waals surface area contributed by atoms with Gasteiger partial charge >= 0.3 is 7.12 Å². The lowest BCUT2D eigenvalue weighted by Crippen LogP contribution is -2.45. The van der Waals surface area contributed by atoms with Crippen LogP contribution in [0.5, 0.6) is 0 Å². The van der Waals surface area contributed by atoms with E-state index in [-0.39, 0.29) is 5.56 Å². The Bertz CT molecular complexity index is 561. The molecule has 1 N–H and O–H groups in total. The molecule has 3 rings (SSSR count). The van der Waals surface area contributed by atoms with Gasteiger partial charge in [0.05, 0.1) is 24.4 Å². The Kier molecular flexibility index (Phi) is 3.08. The number of rotatable bonds is 2. The van der Waals surface area contributed by atoms with E-state index < -0.39 is 18.3 Å². The van der Waals surface area contributed by atoms with Crippen molar-refractivity contribution in [1.29, 1.82) is 0 Å². The summed E-state index contributed by atoms with van der Waals surface area (Å²) < 4.78 is 17.1. The number of aromatic nitrogens is 1. The summed E-state index contributed by atoms with van der Waals surface area (Å²) in [6, 6.07) is 1.88. The van der Waals surface area contributed by atoms with E-state index in [2.05, 4.69) is 4.98 Å². The molecule has 0 amide bonds. The topological polar surface area (TPSA) is 60.5 Å². The molecule has 0 aliphatic carbocycles. The maximum absolute atomic E-state index is 12.1. The van der Waals surface area contributed by atoms with E-state index in [1.807, 2.05) is 33.8 Å². The van der Waals surface area contributed by atoms with Crippen molar-refractivity contribution in [2.45, 2.75) is 44.8 Å². The fourth-order valence-corrected chi connectivity index (χ4v) is 2.33. The fraction of sp³-hybridized carbons (Fsp3) is 0.643. The molecule has 0 spiro atoms. The average molecular weight is 277 g/mol. The number of pyridine rings is 1. The van der Waals surface area contributed by atoms with E-state index in [1.54, 1.807) is 6.20 Å². The van der Waals surface area contributed by atoms with Crippen molar-refractivity contribution in [2.24, 2.45) is 0 Å². The summed E-state index contributed by atoms with van der Waals surface area (Å²) >= 11 is 0. The van der Waals surface area contributed by atoms with E-state index in [0.717, 1.165) is 5.56 Å². The van der Waals surface area contributed by atoms with Crippen molar-refractivity contribution < 1.29 is 14.0 Å². The molecule has 0 saturated carbocycles. The highest BCUT2D eigenvalue weighted by Gasteiger charge is 2.52. The van der Waals surface area contributed by atoms with Crippen molar-refractivity contribution in [3.63, 3.8) is 0 Å². The summed E-state index contributed by atoms with van der Waals surface area (Å²) in [7, 11) is -0.621. The monoisotopic (exact) mass is 277 g/mol. The molecular weight excluding hydrogens is 257 g/mol. The second-order valence-corrected chi connectivity index (χ2v) is 6.54. The van der Waals surface area contributed by atoms with Crippen LogP contribution in [0, 0.1) is 0 Å². The summed E-state index contributed by atoms with van der Waals surface area (Å²) in [4.78, 5) is 14.8. The van der Waals surface area contributed by atoms with Crippen LogP contribution in [0.3, 0.4) is 0 Å². The molecule has 0 radical (unpaired) electrons. The standard InChI is InChI=1S/C14H20BNO4/c1-13(2)14(3,4)20-15(19-13)11-5-9(6-16-12(11)17)10-7-18-8-10/h5-6,10H,7-8H2,1-4H3,(H,16,17). The molecule has 6 heteroatoms. The van der Waals surface area contributed by atoms with Crippen LogP contribution in [0.2, 0.25) is 0 Å². The molecule has 108 valence electrons. The molecule has 1 aromatic rings. The Morgan fingerprint density at radius 2 is 1.80 bits per heavy atom. The fourth-order valence-electron chi connectivity index (χ4n) is 2.33. The summed E-state index contributed by atoms with van der Waals surface area (Å²) in [6.07, 6.45) is 1.75. The minimum absolute atomic E-state index is 0.160. The molecule has 0 aromatic carbocycles. The molecule has 0 atom stereocenters. The molecule has 5 nitrogen and oxygen atoms in total. The molecule has 0 bridgehead atoms. The SMILES string of the molecule is CC1(C)OB(c2cc(C3COC3)c[nH]c2=O)OC1(C)C. The Morgan fingerprint density at radius 1 is 1.20 bits per heavy atom. The number of ether oxygens (including phenoxy) is 1. The van der Waals surface area contributed by atoms with Crippen LogP contribution in [0.15, 0.2) is 17.1 Å². The zero-order valence-electron chi connectivity index (χ0n) is 12.4. The lowest BCUT2D eigenvalue weighted by atomic mass is 9.78. The van der Waals surface area contributed by atoms with Crippen LogP contribution in [0.25, 0.3) is 0 Å². The Labute approximate surface area is 118 Å². The van der Waals surface area contributed by atoms with Gasteiger partial charge in [0.1, 0.15) is 0 Å². The van der Waals surface area contributed by atoms with Crippen molar-refractivity contribution in [3.8, 4) is 0 Å². The van der Waals surface area contributed by atoms with Crippen LogP contribution in [0.4, 0.5) is 0 Å². The van der Waals surface area contributed by atoms with Gasteiger partial charge in [0.25, 0.3) is 0 Å². The minimum Gasteiger partial charge on any atom is -0.399 e. The molecule has 20 heavy (non-hydrogen) atoms. The first-order chi connectivity index (χ1) is 9.30. The van der Waals surface area contributed by atoms with Crippen LogP contribution in [-0.4, -0.2) is 36.5 Å². The number of nitrogens with one attached hydrogen (secondary N) is 1. The second kappa shape index (κ2) is 4.45. The average Bonchev–Trinajstić information content (AvgIpc) is 2.48. The zero-order chi connectivity index (χ0) is 14.5. The van der Waals surface area contributed by atoms with Gasteiger partial charge in [0, 0.05) is 17.6 Å². The lowest BCUT2D eigenvalue weighted by Gasteiger charge is -2.32. The van der Waals surface area contributed by atoms with Gasteiger partial charge in [-0.15, -0.1) is 0 Å². The molecular formula is C14H20BNO4. The van der Waals surface area contributed by atoms with Crippen molar-refractivity contribution in [2.75, 3.05) is 13.2 Å². The van der Waals surface area contributed by atoms with Gasteiger partial charge in [0.15, 0.2) is 0 Å². The third-order valence-corrected chi connectivity index (χ3v) is 4.57. The van der Waals surface area contributed by atoms with Crippen LogP contribution in [0.1, 0.15) is 39.2 Å². The maximum Gasteiger partial charge on any atom is 0.500 e. The predicted octanol–water partition coefficient (Wildman–Crippen LogP) is 0.788. The molecule has 2 fully saturated rings. The Balaban J connectivity index is 1.93. The molecule has 2 aliphatic rings. The van der Waals surface area contributed by atoms with Gasteiger partial charge in [-0.25, -0.2) is 0 Å². The lowest BCUT2D eigenvalue weighted by molar-refractivity contribution is 0.00578. The first-order valence-corrected chi connectivity index (χ1v) is 6.96. The van der Waals surface area contributed by atoms with Crippen molar-refractivity contribution >= 4 is 12.6 Å². The Hall–Kier alpha value is -1.11. The normalized spacial score (nSPS) is 24.7. The predicted molar refractivity (Wildman–Crippen MR) is 76.3 cm³/mol. The summed E-state index contributed by atoms with van der Waals surface area (Å²) in [6.45, 7) is 9.31. The van der Waals surface area contributed by atoms with Crippen LogP contribution in [-0.2, 0) is 14.0 Å². The summed E-state index contributed by atoms with van der Waals surface area (Å²) in [5.74, 6) is 0.355. The molecule has 2 aliphatic heterocycles. The molecule has 1 aromatic heterocycles. The van der Waals surface area contributed by atoms with E-state index in [1.165, 1.54) is 0 Å². The van der Waals surface area contributed by atoms with Gasteiger partial charge in [-0.05, 0) is 33.3 Å². The van der Waals surface area contributed by atoms with Gasteiger partial charge in [0.2, 0.25) is 5.56 Å². The summed E-state index contributed by atoms with van der Waals surface area (Å²) in [5.41, 5.74) is 0.556. The second-order valence-electron chi connectivity index (χ2n) is 6.54. The van der Waals surface area contributed by atoms with E-state index in [4.69, 9.17) is 14.0 Å². The first-order valence-electron chi connectivity index (χ1n) is 6.96. The number of H-pyrrole nitrogens is 1. The largest absolute Gasteiger partial charge is 0.500 e. The third kappa shape index (κ3) is 2.12. The molecule has 2 saturated heterocycles. The van der Waals surface area contributed by atoms with Crippen molar-refractivity contribution in [1.82, 2.24) is 4.98 Å². The van der Waals surface area contributed by atoms with Crippen LogP contribution >= 0.6 is 0 Å². The van der Waals surface area contributed by atoms with Crippen molar-refractivity contribution in [3.05, 3.63) is 28.2 Å². The quantitative estimate of drug-likeness (QED) is 0.812. The highest BCUT2D eigenvalue weighted by Crippen LogP contribution is 2.36. The van der Waals surface area contributed by atoms with Gasteiger partial charge in [-0.3, -0.25) is 4.79 Å². The number of hydrogen-bond acceptors (Lipinski definition) is 4. The zero-order valence-corrected chi connectivity index (χ0v) is 12.4. The number of hydrogen-bond donors (Lipinski definition) is 1. The highest BCUT2D eigenvalue weighted by atomic mass is 16.7. The van der Waals surface area contributed by atoms with Crippen LogP contribution < -0.4 is 11.0 Å². The maximum atomic E-state index is 12.1. The van der Waals surface area contributed by atoms with Gasteiger partial charge < -0.3 is 19.0 Å². The van der Waals surface area contributed by atoms with E-state index in [0.29, 0.717) is 24.6 Å². The van der Waals surface area contributed by atoms with E-state index >= 15 is 0 Å². The first kappa shape index (κ1) is 13.9. The number of aromatic amines is 1. The smallest absolute Gasteiger partial charge is 0.399 e. The summed E-state index contributed by atoms with van der Waals surface area (Å²) in [5, 5.41) is 0. The minimum atomic E-state index is -0.621. The van der Waals surface area contributed by atoms with E-state index in [9.17, 15) is 4.79 Å².